The van der Waals surface area contributed by atoms with E-state index < -0.39 is 0 Å². The molecular weight excluding hydrogens is 304 g/mol. The molecule has 0 atom stereocenters. The first kappa shape index (κ1) is 16.3. The maximum absolute atomic E-state index is 12.7. The molecule has 0 unspecified atom stereocenters. The molecule has 24 heavy (non-hydrogen) atoms. The Morgan fingerprint density at radius 3 is 2.62 bits per heavy atom. The summed E-state index contributed by atoms with van der Waals surface area (Å²) >= 11 is 0. The first-order chi connectivity index (χ1) is 11.3. The second-order valence-corrected chi connectivity index (χ2v) is 6.59. The number of ether oxygens (including phenoxy) is 1. The molecule has 126 valence electrons. The summed E-state index contributed by atoms with van der Waals surface area (Å²) in [5.41, 5.74) is 3.88. The number of rotatable bonds is 4. The molecule has 0 bridgehead atoms. The Balaban J connectivity index is 1.85. The third-order valence-electron chi connectivity index (χ3n) is 4.17. The lowest BCUT2D eigenvalue weighted by atomic mass is 10.1. The van der Waals surface area contributed by atoms with Crippen LogP contribution in [0.15, 0.2) is 29.1 Å². The van der Waals surface area contributed by atoms with Gasteiger partial charge in [0.2, 0.25) is 0 Å². The molecule has 0 radical (unpaired) electrons. The monoisotopic (exact) mass is 326 g/mol. The molecule has 1 aliphatic heterocycles. The molecule has 2 aromatic rings. The number of carbonyl (C=O) groups is 1. The van der Waals surface area contributed by atoms with Gasteiger partial charge in [0.15, 0.2) is 0 Å². The zero-order chi connectivity index (χ0) is 17.4. The van der Waals surface area contributed by atoms with Crippen molar-refractivity contribution in [3.05, 3.63) is 62.6 Å². The Hall–Kier alpha value is -2.56. The van der Waals surface area contributed by atoms with Crippen LogP contribution in [0.25, 0.3) is 0 Å². The zero-order valence-corrected chi connectivity index (χ0v) is 14.5. The Kier molecular flexibility index (Phi) is 4.18. The number of amides is 1. The summed E-state index contributed by atoms with van der Waals surface area (Å²) in [6.45, 7) is 8.49. The van der Waals surface area contributed by atoms with Crippen molar-refractivity contribution in [2.45, 2.75) is 46.9 Å². The minimum absolute atomic E-state index is 0.0569. The summed E-state index contributed by atoms with van der Waals surface area (Å²) in [6, 6.07) is 7.54. The molecule has 2 heterocycles. The van der Waals surface area contributed by atoms with Gasteiger partial charge in [0.25, 0.3) is 11.5 Å². The second kappa shape index (κ2) is 6.15. The SMILES string of the molecule is Cc1cc(C)c(CN2Cc3ccc(OC(C)C)cc3C2=O)c(=O)[nH]1. The number of hydrogen-bond acceptors (Lipinski definition) is 3. The lowest BCUT2D eigenvalue weighted by Crippen LogP contribution is -2.28. The van der Waals surface area contributed by atoms with E-state index in [0.717, 1.165) is 16.8 Å². The van der Waals surface area contributed by atoms with Crippen molar-refractivity contribution in [2.24, 2.45) is 0 Å². The summed E-state index contributed by atoms with van der Waals surface area (Å²) in [5.74, 6) is 0.641. The fraction of sp³-hybridized carbons (Fsp3) is 0.368. The van der Waals surface area contributed by atoms with Crippen molar-refractivity contribution in [3.8, 4) is 5.75 Å². The highest BCUT2D eigenvalue weighted by molar-refractivity contribution is 5.98. The molecule has 0 spiro atoms. The number of aromatic amines is 1. The smallest absolute Gasteiger partial charge is 0.254 e. The maximum atomic E-state index is 12.7. The number of H-pyrrole nitrogens is 1. The van der Waals surface area contributed by atoms with Crippen molar-refractivity contribution >= 4 is 5.91 Å². The number of nitrogens with one attached hydrogen (secondary N) is 1. The Labute approximate surface area is 141 Å². The normalized spacial score (nSPS) is 13.5. The molecule has 5 nitrogen and oxygen atoms in total. The summed E-state index contributed by atoms with van der Waals surface area (Å²) < 4.78 is 5.67. The minimum atomic E-state index is -0.125. The van der Waals surface area contributed by atoms with Gasteiger partial charge in [-0.3, -0.25) is 9.59 Å². The van der Waals surface area contributed by atoms with Gasteiger partial charge in [-0.25, -0.2) is 0 Å². The van der Waals surface area contributed by atoms with Gasteiger partial charge in [0.05, 0.1) is 12.6 Å². The van der Waals surface area contributed by atoms with Gasteiger partial charge in [0, 0.05) is 23.4 Å². The molecule has 1 aliphatic rings. The fourth-order valence-corrected chi connectivity index (χ4v) is 3.08. The van der Waals surface area contributed by atoms with Crippen LogP contribution in [0.4, 0.5) is 0 Å². The predicted octanol–water partition coefficient (Wildman–Crippen LogP) is 2.93. The van der Waals surface area contributed by atoms with E-state index in [1.807, 2.05) is 45.9 Å². The van der Waals surface area contributed by atoms with Crippen LogP contribution in [-0.2, 0) is 13.1 Å². The van der Waals surface area contributed by atoms with Gasteiger partial charge in [-0.05, 0) is 57.0 Å². The van der Waals surface area contributed by atoms with E-state index in [0.29, 0.717) is 30.0 Å². The molecule has 0 saturated carbocycles. The van der Waals surface area contributed by atoms with Gasteiger partial charge in [0.1, 0.15) is 5.75 Å². The lowest BCUT2D eigenvalue weighted by Gasteiger charge is -2.16. The van der Waals surface area contributed by atoms with Gasteiger partial charge in [-0.15, -0.1) is 0 Å². The highest BCUT2D eigenvalue weighted by Crippen LogP contribution is 2.28. The fourth-order valence-electron chi connectivity index (χ4n) is 3.08. The first-order valence-corrected chi connectivity index (χ1v) is 8.13. The van der Waals surface area contributed by atoms with E-state index in [4.69, 9.17) is 4.74 Å². The molecule has 1 N–H and O–H groups in total. The maximum Gasteiger partial charge on any atom is 0.254 e. The van der Waals surface area contributed by atoms with Crippen LogP contribution in [-0.4, -0.2) is 21.9 Å². The van der Waals surface area contributed by atoms with Crippen LogP contribution in [0.5, 0.6) is 5.75 Å². The van der Waals surface area contributed by atoms with Crippen LogP contribution in [0, 0.1) is 13.8 Å². The lowest BCUT2D eigenvalue weighted by molar-refractivity contribution is 0.0765. The molecule has 0 fully saturated rings. The zero-order valence-electron chi connectivity index (χ0n) is 14.5. The van der Waals surface area contributed by atoms with Gasteiger partial charge in [-0.2, -0.15) is 0 Å². The average Bonchev–Trinajstić information content (AvgIpc) is 2.79. The van der Waals surface area contributed by atoms with Crippen molar-refractivity contribution < 1.29 is 9.53 Å². The number of aromatic nitrogens is 1. The van der Waals surface area contributed by atoms with Crippen LogP contribution >= 0.6 is 0 Å². The van der Waals surface area contributed by atoms with Crippen LogP contribution in [0.2, 0.25) is 0 Å². The summed E-state index contributed by atoms with van der Waals surface area (Å²) in [5, 5.41) is 0. The quantitative estimate of drug-likeness (QED) is 0.939. The van der Waals surface area contributed by atoms with E-state index in [2.05, 4.69) is 4.98 Å². The average molecular weight is 326 g/mol. The predicted molar refractivity (Wildman–Crippen MR) is 92.3 cm³/mol. The van der Waals surface area contributed by atoms with Crippen LogP contribution < -0.4 is 10.3 Å². The molecule has 3 rings (SSSR count). The van der Waals surface area contributed by atoms with E-state index in [1.165, 1.54) is 0 Å². The number of aryl methyl sites for hydroxylation is 2. The largest absolute Gasteiger partial charge is 0.491 e. The van der Waals surface area contributed by atoms with Crippen LogP contribution in [0.1, 0.15) is 46.6 Å². The van der Waals surface area contributed by atoms with E-state index in [-0.39, 0.29) is 17.6 Å². The number of hydrogen-bond donors (Lipinski definition) is 1. The Morgan fingerprint density at radius 1 is 1.21 bits per heavy atom. The highest BCUT2D eigenvalue weighted by atomic mass is 16.5. The summed E-state index contributed by atoms with van der Waals surface area (Å²) in [7, 11) is 0. The third-order valence-corrected chi connectivity index (χ3v) is 4.17. The third kappa shape index (κ3) is 3.07. The molecule has 0 saturated heterocycles. The van der Waals surface area contributed by atoms with Crippen molar-refractivity contribution in [1.29, 1.82) is 0 Å². The van der Waals surface area contributed by atoms with Gasteiger partial charge < -0.3 is 14.6 Å². The molecule has 1 aromatic heterocycles. The van der Waals surface area contributed by atoms with E-state index in [1.54, 1.807) is 11.0 Å². The topological polar surface area (TPSA) is 62.4 Å². The van der Waals surface area contributed by atoms with Gasteiger partial charge >= 0.3 is 0 Å². The highest BCUT2D eigenvalue weighted by Gasteiger charge is 2.28. The van der Waals surface area contributed by atoms with E-state index >= 15 is 0 Å². The summed E-state index contributed by atoms with van der Waals surface area (Å²) in [4.78, 5) is 29.4. The molecule has 1 amide bonds. The van der Waals surface area contributed by atoms with Crippen molar-refractivity contribution in [3.63, 3.8) is 0 Å². The number of benzene rings is 1. The molecule has 1 aromatic carbocycles. The molecule has 5 heteroatoms. The van der Waals surface area contributed by atoms with E-state index in [9.17, 15) is 9.59 Å². The first-order valence-electron chi connectivity index (χ1n) is 8.13. The van der Waals surface area contributed by atoms with Crippen molar-refractivity contribution in [2.75, 3.05) is 0 Å². The standard InChI is InChI=1S/C19H22N2O3/c1-11(2)24-15-6-5-14-9-21(19(23)16(14)8-15)10-17-12(3)7-13(4)20-18(17)22/h5-8,11H,9-10H2,1-4H3,(H,20,22). The number of carbonyl (C=O) groups excluding carboxylic acids is 1. The second-order valence-electron chi connectivity index (χ2n) is 6.59. The Morgan fingerprint density at radius 2 is 1.96 bits per heavy atom. The molecule has 0 aliphatic carbocycles. The Bertz CT molecular complexity index is 852. The minimum Gasteiger partial charge on any atom is -0.491 e. The number of pyridine rings is 1. The number of fused-ring (bicyclic) bond motifs is 1. The van der Waals surface area contributed by atoms with Crippen molar-refractivity contribution in [1.82, 2.24) is 9.88 Å². The van der Waals surface area contributed by atoms with Gasteiger partial charge in [-0.1, -0.05) is 6.07 Å². The summed E-state index contributed by atoms with van der Waals surface area (Å²) in [6.07, 6.45) is 0.0597. The number of nitrogens with zero attached hydrogens (tertiary/aromatic N) is 1. The van der Waals surface area contributed by atoms with Crippen LogP contribution in [0.3, 0.4) is 0 Å². The molecular formula is C19H22N2O3.